The second kappa shape index (κ2) is 7.90. The van der Waals surface area contributed by atoms with E-state index >= 15 is 0 Å². The Kier molecular flexibility index (Phi) is 5.58. The molecule has 0 saturated heterocycles. The zero-order valence-electron chi connectivity index (χ0n) is 15.3. The van der Waals surface area contributed by atoms with E-state index in [0.717, 1.165) is 16.3 Å². The molecule has 0 aliphatic carbocycles. The van der Waals surface area contributed by atoms with Gasteiger partial charge in [0.25, 0.3) is 5.91 Å². The molecule has 0 aromatic heterocycles. The van der Waals surface area contributed by atoms with Gasteiger partial charge in [0.05, 0.1) is 10.9 Å². The molecule has 3 rings (SSSR count). The number of hydrogen-bond acceptors (Lipinski definition) is 3. The topological polar surface area (TPSA) is 75.3 Å². The molecule has 6 heteroatoms. The van der Waals surface area contributed by atoms with Gasteiger partial charge in [-0.1, -0.05) is 49.4 Å². The van der Waals surface area contributed by atoms with E-state index in [1.807, 2.05) is 49.4 Å². The number of rotatable bonds is 6. The molecule has 1 unspecified atom stereocenters. The van der Waals surface area contributed by atoms with Crippen LogP contribution < -0.4 is 10.0 Å². The van der Waals surface area contributed by atoms with Crippen molar-refractivity contribution in [3.05, 3.63) is 77.9 Å². The highest BCUT2D eigenvalue weighted by atomic mass is 32.2. The van der Waals surface area contributed by atoms with Crippen LogP contribution >= 0.6 is 0 Å². The fourth-order valence-electron chi connectivity index (χ4n) is 2.92. The van der Waals surface area contributed by atoms with Crippen molar-refractivity contribution < 1.29 is 13.2 Å². The number of fused-ring (bicyclic) bond motifs is 1. The minimum atomic E-state index is -3.60. The molecular weight excluding hydrogens is 360 g/mol. The van der Waals surface area contributed by atoms with E-state index in [2.05, 4.69) is 10.0 Å². The Balaban J connectivity index is 1.80. The van der Waals surface area contributed by atoms with Crippen LogP contribution in [0.3, 0.4) is 0 Å². The maximum atomic E-state index is 12.6. The summed E-state index contributed by atoms with van der Waals surface area (Å²) >= 11 is 0. The highest BCUT2D eigenvalue weighted by molar-refractivity contribution is 7.89. The van der Waals surface area contributed by atoms with Crippen LogP contribution in [0.2, 0.25) is 0 Å². The number of carbonyl (C=O) groups is 1. The summed E-state index contributed by atoms with van der Waals surface area (Å²) in [5.41, 5.74) is 1.29. The van der Waals surface area contributed by atoms with Crippen molar-refractivity contribution in [2.45, 2.75) is 24.8 Å². The molecule has 0 heterocycles. The van der Waals surface area contributed by atoms with E-state index in [0.29, 0.717) is 5.56 Å². The standard InChI is InChI=1S/C21H22N2O3S/c1-3-22-27(25,26)20-10-6-9-19(14-20)21(24)23-15(2)17-12-11-16-7-4-5-8-18(16)13-17/h4-15,22H,3H2,1-2H3,(H,23,24). The van der Waals surface area contributed by atoms with Crippen molar-refractivity contribution in [1.82, 2.24) is 10.0 Å². The summed E-state index contributed by atoms with van der Waals surface area (Å²) in [5.74, 6) is -0.316. The average Bonchev–Trinajstić information content (AvgIpc) is 2.67. The van der Waals surface area contributed by atoms with Gasteiger partial charge in [-0.3, -0.25) is 4.79 Å². The predicted molar refractivity (Wildman–Crippen MR) is 107 cm³/mol. The number of hydrogen-bond donors (Lipinski definition) is 2. The van der Waals surface area contributed by atoms with Gasteiger partial charge in [0.2, 0.25) is 10.0 Å². The van der Waals surface area contributed by atoms with Gasteiger partial charge in [0.1, 0.15) is 0 Å². The minimum Gasteiger partial charge on any atom is -0.346 e. The quantitative estimate of drug-likeness (QED) is 0.684. The molecule has 27 heavy (non-hydrogen) atoms. The van der Waals surface area contributed by atoms with E-state index in [4.69, 9.17) is 0 Å². The van der Waals surface area contributed by atoms with Gasteiger partial charge < -0.3 is 5.32 Å². The normalized spacial score (nSPS) is 12.7. The van der Waals surface area contributed by atoms with Gasteiger partial charge in [0, 0.05) is 12.1 Å². The van der Waals surface area contributed by atoms with Crippen LogP contribution in [-0.2, 0) is 10.0 Å². The van der Waals surface area contributed by atoms with Crippen LogP contribution in [-0.4, -0.2) is 20.9 Å². The highest BCUT2D eigenvalue weighted by Gasteiger charge is 2.17. The van der Waals surface area contributed by atoms with Crippen LogP contribution in [0.5, 0.6) is 0 Å². The van der Waals surface area contributed by atoms with Crippen LogP contribution in [0, 0.1) is 0 Å². The van der Waals surface area contributed by atoms with Crippen molar-refractivity contribution in [2.75, 3.05) is 6.54 Å². The minimum absolute atomic E-state index is 0.0790. The molecule has 0 saturated carbocycles. The third-order valence-corrected chi connectivity index (χ3v) is 5.91. The van der Waals surface area contributed by atoms with E-state index in [1.165, 1.54) is 12.1 Å². The Labute approximate surface area is 159 Å². The Hall–Kier alpha value is -2.70. The first-order valence-electron chi connectivity index (χ1n) is 8.80. The SMILES string of the molecule is CCNS(=O)(=O)c1cccc(C(=O)NC(C)c2ccc3ccccc3c2)c1. The lowest BCUT2D eigenvalue weighted by atomic mass is 10.0. The summed E-state index contributed by atoms with van der Waals surface area (Å²) in [5, 5.41) is 5.18. The molecule has 5 nitrogen and oxygen atoms in total. The number of carbonyl (C=O) groups excluding carboxylic acids is 1. The molecule has 2 N–H and O–H groups in total. The molecule has 3 aromatic rings. The van der Waals surface area contributed by atoms with Gasteiger partial charge in [-0.05, 0) is 47.5 Å². The summed E-state index contributed by atoms with van der Waals surface area (Å²) < 4.78 is 26.7. The van der Waals surface area contributed by atoms with E-state index < -0.39 is 10.0 Å². The zero-order chi connectivity index (χ0) is 19.4. The molecule has 0 spiro atoms. The second-order valence-corrected chi connectivity index (χ2v) is 8.10. The Morgan fingerprint density at radius 1 is 0.963 bits per heavy atom. The molecule has 0 aliphatic rings. The van der Waals surface area contributed by atoms with Gasteiger partial charge in [-0.15, -0.1) is 0 Å². The lowest BCUT2D eigenvalue weighted by Gasteiger charge is -2.15. The van der Waals surface area contributed by atoms with Gasteiger partial charge in [-0.25, -0.2) is 13.1 Å². The van der Waals surface area contributed by atoms with Crippen molar-refractivity contribution in [3.8, 4) is 0 Å². The van der Waals surface area contributed by atoms with E-state index in [-0.39, 0.29) is 23.4 Å². The molecule has 0 bridgehead atoms. The van der Waals surface area contributed by atoms with Crippen LogP contribution in [0.25, 0.3) is 10.8 Å². The van der Waals surface area contributed by atoms with E-state index in [1.54, 1.807) is 19.1 Å². The average molecular weight is 382 g/mol. The summed E-state index contributed by atoms with van der Waals surface area (Å²) in [6.45, 7) is 3.90. The molecule has 0 radical (unpaired) electrons. The first-order valence-corrected chi connectivity index (χ1v) is 10.3. The lowest BCUT2D eigenvalue weighted by molar-refractivity contribution is 0.0939. The third-order valence-electron chi connectivity index (χ3n) is 4.36. The van der Waals surface area contributed by atoms with Crippen molar-refractivity contribution >= 4 is 26.7 Å². The smallest absolute Gasteiger partial charge is 0.251 e. The molecule has 1 amide bonds. The molecule has 1 atom stereocenters. The largest absolute Gasteiger partial charge is 0.346 e. The monoisotopic (exact) mass is 382 g/mol. The summed E-state index contributed by atoms with van der Waals surface area (Å²) in [4.78, 5) is 12.7. The van der Waals surface area contributed by atoms with Gasteiger partial charge in [0.15, 0.2) is 0 Å². The predicted octanol–water partition coefficient (Wildman–Crippen LogP) is 3.63. The molecular formula is C21H22N2O3S. The molecule has 0 aliphatic heterocycles. The van der Waals surface area contributed by atoms with Crippen molar-refractivity contribution in [1.29, 1.82) is 0 Å². The zero-order valence-corrected chi connectivity index (χ0v) is 16.1. The number of amides is 1. The summed E-state index contributed by atoms with van der Waals surface area (Å²) in [7, 11) is -3.60. The Morgan fingerprint density at radius 3 is 2.44 bits per heavy atom. The van der Waals surface area contributed by atoms with Crippen molar-refractivity contribution in [2.24, 2.45) is 0 Å². The van der Waals surface area contributed by atoms with E-state index in [9.17, 15) is 13.2 Å². The first kappa shape index (κ1) is 19.1. The van der Waals surface area contributed by atoms with Crippen LogP contribution in [0.1, 0.15) is 35.8 Å². The maximum Gasteiger partial charge on any atom is 0.251 e. The lowest BCUT2D eigenvalue weighted by Crippen LogP contribution is -2.27. The molecule has 140 valence electrons. The number of benzene rings is 3. The summed E-state index contributed by atoms with van der Waals surface area (Å²) in [6.07, 6.45) is 0. The second-order valence-electron chi connectivity index (χ2n) is 6.33. The third kappa shape index (κ3) is 4.35. The maximum absolute atomic E-state index is 12.6. The van der Waals surface area contributed by atoms with Crippen LogP contribution in [0.4, 0.5) is 0 Å². The fourth-order valence-corrected chi connectivity index (χ4v) is 4.00. The molecule has 0 fully saturated rings. The molecule has 3 aromatic carbocycles. The van der Waals surface area contributed by atoms with Crippen molar-refractivity contribution in [3.63, 3.8) is 0 Å². The number of nitrogens with one attached hydrogen (secondary N) is 2. The number of sulfonamides is 1. The van der Waals surface area contributed by atoms with Gasteiger partial charge >= 0.3 is 0 Å². The first-order chi connectivity index (χ1) is 12.9. The Bertz CT molecular complexity index is 1080. The summed E-state index contributed by atoms with van der Waals surface area (Å²) in [6, 6.07) is 19.9. The van der Waals surface area contributed by atoms with Gasteiger partial charge in [-0.2, -0.15) is 0 Å². The Morgan fingerprint density at radius 2 is 1.70 bits per heavy atom. The highest BCUT2D eigenvalue weighted by Crippen LogP contribution is 2.21. The fraction of sp³-hybridized carbons (Fsp3) is 0.190. The van der Waals surface area contributed by atoms with Crippen LogP contribution in [0.15, 0.2) is 71.6 Å².